The molecule has 1 aromatic heterocycles. The fourth-order valence-electron chi connectivity index (χ4n) is 2.42. The van der Waals surface area contributed by atoms with E-state index in [0.717, 1.165) is 23.2 Å². The van der Waals surface area contributed by atoms with Crippen molar-refractivity contribution in [1.82, 2.24) is 15.1 Å². The number of hydrogen-bond donors (Lipinski definition) is 1. The number of nitrogens with zero attached hydrogens (tertiary/aromatic N) is 2. The van der Waals surface area contributed by atoms with Crippen LogP contribution in [0.5, 0.6) is 0 Å². The monoisotopic (exact) mass is 261 g/mol. The highest BCUT2D eigenvalue weighted by Gasteiger charge is 2.18. The lowest BCUT2D eigenvalue weighted by Crippen LogP contribution is -2.18. The number of nitrogens with one attached hydrogen (secondary N) is 1. The van der Waals surface area contributed by atoms with Gasteiger partial charge in [0, 0.05) is 18.8 Å². The third kappa shape index (κ3) is 2.68. The summed E-state index contributed by atoms with van der Waals surface area (Å²) in [5.41, 5.74) is 3.95. The summed E-state index contributed by atoms with van der Waals surface area (Å²) in [5, 5.41) is 7.76. The summed E-state index contributed by atoms with van der Waals surface area (Å²) in [5.74, 6) is -0.166. The van der Waals surface area contributed by atoms with Crippen molar-refractivity contribution in [3.05, 3.63) is 52.6 Å². The molecule has 0 aliphatic carbocycles. The molecule has 1 aromatic carbocycles. The van der Waals surface area contributed by atoms with Crippen LogP contribution in [0.2, 0.25) is 0 Å². The molecule has 1 N–H and O–H groups in total. The maximum Gasteiger partial charge on any atom is 0.126 e. The predicted molar refractivity (Wildman–Crippen MR) is 74.6 cm³/mol. The van der Waals surface area contributed by atoms with Gasteiger partial charge in [-0.1, -0.05) is 19.1 Å². The minimum absolute atomic E-state index is 0.0444. The molecular weight excluding hydrogens is 241 g/mol. The minimum Gasteiger partial charge on any atom is -0.309 e. The van der Waals surface area contributed by atoms with Gasteiger partial charge in [0.25, 0.3) is 0 Å². The molecule has 2 aromatic rings. The number of hydrogen-bond acceptors (Lipinski definition) is 2. The Morgan fingerprint density at radius 2 is 2.16 bits per heavy atom. The van der Waals surface area contributed by atoms with E-state index in [1.807, 2.05) is 37.1 Å². The number of benzene rings is 1. The van der Waals surface area contributed by atoms with E-state index in [9.17, 15) is 4.39 Å². The molecule has 4 heteroatoms. The average molecular weight is 261 g/mol. The Hall–Kier alpha value is -1.68. The molecule has 19 heavy (non-hydrogen) atoms. The van der Waals surface area contributed by atoms with E-state index in [1.165, 1.54) is 6.07 Å². The molecule has 0 bridgehead atoms. The first-order chi connectivity index (χ1) is 9.06. The third-order valence-electron chi connectivity index (χ3n) is 3.39. The Balaban J connectivity index is 2.46. The van der Waals surface area contributed by atoms with Crippen LogP contribution >= 0.6 is 0 Å². The van der Waals surface area contributed by atoms with Crippen LogP contribution in [0, 0.1) is 12.7 Å². The van der Waals surface area contributed by atoms with Gasteiger partial charge in [0.1, 0.15) is 5.82 Å². The molecule has 0 spiro atoms. The normalized spacial score (nSPS) is 12.7. The maximum atomic E-state index is 13.4. The summed E-state index contributed by atoms with van der Waals surface area (Å²) in [4.78, 5) is 0. The first kappa shape index (κ1) is 13.7. The quantitative estimate of drug-likeness (QED) is 0.917. The zero-order chi connectivity index (χ0) is 14.0. The van der Waals surface area contributed by atoms with Crippen LogP contribution in [0.3, 0.4) is 0 Å². The van der Waals surface area contributed by atoms with E-state index in [4.69, 9.17) is 0 Å². The van der Waals surface area contributed by atoms with Crippen LogP contribution in [-0.4, -0.2) is 16.8 Å². The van der Waals surface area contributed by atoms with Crippen molar-refractivity contribution < 1.29 is 4.39 Å². The van der Waals surface area contributed by atoms with Gasteiger partial charge in [-0.2, -0.15) is 5.10 Å². The van der Waals surface area contributed by atoms with Gasteiger partial charge in [-0.15, -0.1) is 0 Å². The molecule has 0 saturated heterocycles. The summed E-state index contributed by atoms with van der Waals surface area (Å²) in [6.07, 6.45) is 2.91. The molecular formula is C15H20FN3. The van der Waals surface area contributed by atoms with Crippen molar-refractivity contribution in [2.24, 2.45) is 7.05 Å². The van der Waals surface area contributed by atoms with E-state index in [1.54, 1.807) is 6.92 Å². The lowest BCUT2D eigenvalue weighted by molar-refractivity contribution is 0.613. The highest BCUT2D eigenvalue weighted by Crippen LogP contribution is 2.26. The average Bonchev–Trinajstić information content (AvgIpc) is 2.76. The van der Waals surface area contributed by atoms with Crippen molar-refractivity contribution in [2.75, 3.05) is 7.05 Å². The fraction of sp³-hybridized carbons (Fsp3) is 0.400. The second kappa shape index (κ2) is 5.53. The fourth-order valence-corrected chi connectivity index (χ4v) is 2.42. The van der Waals surface area contributed by atoms with Gasteiger partial charge in [0.05, 0.1) is 11.7 Å². The van der Waals surface area contributed by atoms with E-state index < -0.39 is 0 Å². The molecule has 1 atom stereocenters. The van der Waals surface area contributed by atoms with Gasteiger partial charge in [0.15, 0.2) is 0 Å². The van der Waals surface area contributed by atoms with Crippen LogP contribution < -0.4 is 5.32 Å². The standard InChI is InChI=1S/C15H20FN3/c1-5-14-12(9-19(4)18-14)15(17-3)11-6-7-13(16)10(2)8-11/h6-9,15,17H,5H2,1-4H3. The van der Waals surface area contributed by atoms with Gasteiger partial charge >= 0.3 is 0 Å². The Labute approximate surface area is 113 Å². The molecule has 0 fully saturated rings. The van der Waals surface area contributed by atoms with Crippen molar-refractivity contribution in [3.8, 4) is 0 Å². The van der Waals surface area contributed by atoms with Crippen LogP contribution in [0.15, 0.2) is 24.4 Å². The first-order valence-electron chi connectivity index (χ1n) is 6.52. The second-order valence-electron chi connectivity index (χ2n) is 4.79. The number of rotatable bonds is 4. The van der Waals surface area contributed by atoms with E-state index in [0.29, 0.717) is 5.56 Å². The van der Waals surface area contributed by atoms with Crippen molar-refractivity contribution in [2.45, 2.75) is 26.3 Å². The summed E-state index contributed by atoms with van der Waals surface area (Å²) in [6.45, 7) is 3.88. The number of aromatic nitrogens is 2. The van der Waals surface area contributed by atoms with Gasteiger partial charge in [-0.3, -0.25) is 4.68 Å². The lowest BCUT2D eigenvalue weighted by atomic mass is 9.97. The minimum atomic E-state index is -0.166. The van der Waals surface area contributed by atoms with Gasteiger partial charge in [0.2, 0.25) is 0 Å². The van der Waals surface area contributed by atoms with Crippen molar-refractivity contribution >= 4 is 0 Å². The number of aryl methyl sites for hydroxylation is 3. The molecule has 3 nitrogen and oxygen atoms in total. The molecule has 102 valence electrons. The molecule has 0 aliphatic heterocycles. The maximum absolute atomic E-state index is 13.4. The van der Waals surface area contributed by atoms with Crippen LogP contribution in [0.1, 0.15) is 35.3 Å². The van der Waals surface area contributed by atoms with E-state index >= 15 is 0 Å². The number of halogens is 1. The SMILES string of the molecule is CCc1nn(C)cc1C(NC)c1ccc(F)c(C)c1. The predicted octanol–water partition coefficient (Wildman–Crippen LogP) is 2.74. The Kier molecular flexibility index (Phi) is 4.00. The van der Waals surface area contributed by atoms with Crippen LogP contribution in [0.25, 0.3) is 0 Å². The van der Waals surface area contributed by atoms with Crippen LogP contribution in [0.4, 0.5) is 4.39 Å². The zero-order valence-electron chi connectivity index (χ0n) is 11.9. The van der Waals surface area contributed by atoms with E-state index in [-0.39, 0.29) is 11.9 Å². The summed E-state index contributed by atoms with van der Waals surface area (Å²) >= 11 is 0. The third-order valence-corrected chi connectivity index (χ3v) is 3.39. The van der Waals surface area contributed by atoms with Crippen LogP contribution in [-0.2, 0) is 13.5 Å². The largest absolute Gasteiger partial charge is 0.309 e. The molecule has 0 aliphatic rings. The Morgan fingerprint density at radius 1 is 1.42 bits per heavy atom. The van der Waals surface area contributed by atoms with Crippen molar-refractivity contribution in [3.63, 3.8) is 0 Å². The topological polar surface area (TPSA) is 29.9 Å². The highest BCUT2D eigenvalue weighted by molar-refractivity contribution is 5.35. The molecule has 0 radical (unpaired) electrons. The zero-order valence-corrected chi connectivity index (χ0v) is 11.9. The summed E-state index contributed by atoms with van der Waals surface area (Å²) < 4.78 is 15.2. The Bertz CT molecular complexity index is 575. The summed E-state index contributed by atoms with van der Waals surface area (Å²) in [7, 11) is 3.83. The highest BCUT2D eigenvalue weighted by atomic mass is 19.1. The first-order valence-corrected chi connectivity index (χ1v) is 6.52. The molecule has 1 unspecified atom stereocenters. The van der Waals surface area contributed by atoms with Crippen molar-refractivity contribution in [1.29, 1.82) is 0 Å². The molecule has 1 heterocycles. The molecule has 0 saturated carbocycles. The molecule has 2 rings (SSSR count). The smallest absolute Gasteiger partial charge is 0.126 e. The van der Waals surface area contributed by atoms with Gasteiger partial charge < -0.3 is 5.32 Å². The van der Waals surface area contributed by atoms with E-state index in [2.05, 4.69) is 17.3 Å². The molecule has 0 amide bonds. The van der Waals surface area contributed by atoms with Gasteiger partial charge in [-0.25, -0.2) is 4.39 Å². The lowest BCUT2D eigenvalue weighted by Gasteiger charge is -2.17. The summed E-state index contributed by atoms with van der Waals surface area (Å²) in [6, 6.07) is 5.29. The van der Waals surface area contributed by atoms with Gasteiger partial charge in [-0.05, 0) is 37.6 Å². The Morgan fingerprint density at radius 3 is 2.74 bits per heavy atom. The second-order valence-corrected chi connectivity index (χ2v) is 4.79.